The molecule has 2 aromatic carbocycles. The molecule has 1 fully saturated rings. The van der Waals surface area contributed by atoms with Crippen molar-refractivity contribution >= 4 is 50.7 Å². The van der Waals surface area contributed by atoms with Gasteiger partial charge in [-0.1, -0.05) is 73.7 Å². The van der Waals surface area contributed by atoms with Gasteiger partial charge in [-0.2, -0.15) is 0 Å². The third-order valence-electron chi connectivity index (χ3n) is 7.21. The van der Waals surface area contributed by atoms with Crippen LogP contribution >= 0.6 is 23.2 Å². The van der Waals surface area contributed by atoms with Gasteiger partial charge in [0.1, 0.15) is 6.04 Å². The fourth-order valence-electron chi connectivity index (χ4n) is 5.12. The molecule has 0 unspecified atom stereocenters. The van der Waals surface area contributed by atoms with Crippen molar-refractivity contribution in [1.82, 2.24) is 10.2 Å². The zero-order valence-electron chi connectivity index (χ0n) is 23.0. The first-order valence-corrected chi connectivity index (χ1v) is 16.2. The Labute approximate surface area is 242 Å². The van der Waals surface area contributed by atoms with Crippen LogP contribution in [-0.2, 0) is 26.2 Å². The van der Waals surface area contributed by atoms with Gasteiger partial charge in [-0.15, -0.1) is 0 Å². The number of carbonyl (C=O) groups excluding carboxylic acids is 2. The van der Waals surface area contributed by atoms with E-state index < -0.39 is 16.1 Å². The van der Waals surface area contributed by atoms with Crippen molar-refractivity contribution in [2.24, 2.45) is 0 Å². The highest BCUT2D eigenvalue weighted by atomic mass is 35.5. The van der Waals surface area contributed by atoms with E-state index in [0.29, 0.717) is 28.6 Å². The highest BCUT2D eigenvalue weighted by Gasteiger charge is 2.30. The van der Waals surface area contributed by atoms with Gasteiger partial charge in [-0.05, 0) is 61.9 Å². The van der Waals surface area contributed by atoms with E-state index in [-0.39, 0.29) is 37.4 Å². The first kappa shape index (κ1) is 31.2. The Hall–Kier alpha value is -2.29. The summed E-state index contributed by atoms with van der Waals surface area (Å²) in [5.41, 5.74) is 2.19. The van der Waals surface area contributed by atoms with Crippen LogP contribution in [0.5, 0.6) is 0 Å². The zero-order valence-corrected chi connectivity index (χ0v) is 25.3. The highest BCUT2D eigenvalue weighted by Crippen LogP contribution is 2.26. The number of hydrogen-bond donors (Lipinski definition) is 1. The fraction of sp³-hybridized carbons (Fsp3) is 0.517. The van der Waals surface area contributed by atoms with Crippen molar-refractivity contribution in [3.8, 4) is 0 Å². The maximum absolute atomic E-state index is 13.6. The van der Waals surface area contributed by atoms with Crippen molar-refractivity contribution in [2.75, 3.05) is 17.1 Å². The molecule has 3 rings (SSSR count). The SMILES string of the molecule is CC[C@@H](C(=O)NC1CCCCC1)N(Cc1ccc(Cl)c(Cl)c1)C(=O)CCCN(c1ccccc1C)S(C)(=O)=O. The lowest BCUT2D eigenvalue weighted by Crippen LogP contribution is -2.51. The second-order valence-corrected chi connectivity index (χ2v) is 13.0. The molecule has 1 aliphatic rings. The third-order valence-corrected chi connectivity index (χ3v) is 9.13. The first-order valence-electron chi connectivity index (χ1n) is 13.6. The summed E-state index contributed by atoms with van der Waals surface area (Å²) < 4.78 is 26.5. The third kappa shape index (κ3) is 8.85. The van der Waals surface area contributed by atoms with E-state index in [4.69, 9.17) is 23.2 Å². The minimum atomic E-state index is -3.55. The first-order chi connectivity index (χ1) is 18.5. The molecule has 1 saturated carbocycles. The van der Waals surface area contributed by atoms with Gasteiger partial charge in [0, 0.05) is 25.6 Å². The van der Waals surface area contributed by atoms with Crippen LogP contribution in [-0.4, -0.2) is 50.0 Å². The Balaban J connectivity index is 1.78. The van der Waals surface area contributed by atoms with E-state index in [1.54, 1.807) is 35.2 Å². The Morgan fingerprint density at radius 1 is 1.05 bits per heavy atom. The Bertz CT molecular complexity index is 1250. The lowest BCUT2D eigenvalue weighted by Gasteiger charge is -2.33. The van der Waals surface area contributed by atoms with Crippen LogP contribution in [0.15, 0.2) is 42.5 Å². The van der Waals surface area contributed by atoms with Crippen LogP contribution in [0, 0.1) is 6.92 Å². The molecule has 0 aromatic heterocycles. The van der Waals surface area contributed by atoms with E-state index in [2.05, 4.69) is 5.32 Å². The number of aryl methyl sites for hydroxylation is 1. The van der Waals surface area contributed by atoms with Gasteiger partial charge in [-0.3, -0.25) is 13.9 Å². The minimum absolute atomic E-state index is 0.0897. The van der Waals surface area contributed by atoms with Crippen LogP contribution < -0.4 is 9.62 Å². The largest absolute Gasteiger partial charge is 0.352 e. The molecule has 0 saturated heterocycles. The summed E-state index contributed by atoms with van der Waals surface area (Å²) in [6.45, 7) is 4.10. The van der Waals surface area contributed by atoms with Crippen molar-refractivity contribution in [3.05, 3.63) is 63.6 Å². The number of benzene rings is 2. The summed E-state index contributed by atoms with van der Waals surface area (Å²) >= 11 is 12.3. The van der Waals surface area contributed by atoms with Gasteiger partial charge >= 0.3 is 0 Å². The summed E-state index contributed by atoms with van der Waals surface area (Å²) in [6, 6.07) is 11.9. The molecule has 0 radical (unpaired) electrons. The maximum Gasteiger partial charge on any atom is 0.243 e. The molecule has 10 heteroatoms. The van der Waals surface area contributed by atoms with E-state index in [1.807, 2.05) is 26.0 Å². The van der Waals surface area contributed by atoms with Gasteiger partial charge in [0.2, 0.25) is 21.8 Å². The van der Waals surface area contributed by atoms with Gasteiger partial charge in [0.05, 0.1) is 22.0 Å². The van der Waals surface area contributed by atoms with Crippen molar-refractivity contribution in [1.29, 1.82) is 0 Å². The number of anilines is 1. The quantitative estimate of drug-likeness (QED) is 0.321. The van der Waals surface area contributed by atoms with Gasteiger partial charge < -0.3 is 10.2 Å². The van der Waals surface area contributed by atoms with E-state index in [9.17, 15) is 18.0 Å². The minimum Gasteiger partial charge on any atom is -0.352 e. The highest BCUT2D eigenvalue weighted by molar-refractivity contribution is 7.92. The predicted molar refractivity (Wildman–Crippen MR) is 159 cm³/mol. The number of sulfonamides is 1. The van der Waals surface area contributed by atoms with Crippen LogP contribution in [0.25, 0.3) is 0 Å². The molecule has 2 amide bonds. The van der Waals surface area contributed by atoms with Gasteiger partial charge in [0.15, 0.2) is 0 Å². The molecule has 0 bridgehead atoms. The van der Waals surface area contributed by atoms with Crippen molar-refractivity contribution < 1.29 is 18.0 Å². The summed E-state index contributed by atoms with van der Waals surface area (Å²) in [4.78, 5) is 28.6. The average molecular weight is 597 g/mol. The Morgan fingerprint density at radius 2 is 1.74 bits per heavy atom. The molecule has 0 heterocycles. The Morgan fingerprint density at radius 3 is 2.36 bits per heavy atom. The van der Waals surface area contributed by atoms with E-state index in [0.717, 1.165) is 36.8 Å². The summed E-state index contributed by atoms with van der Waals surface area (Å²) in [7, 11) is -3.55. The standard InChI is InChI=1S/C29H39Cl2N3O4S/c1-4-26(29(36)32-23-12-6-5-7-13-23)33(20-22-16-17-24(30)25(31)19-22)28(35)15-10-18-34(39(3,37)38)27-14-9-8-11-21(27)2/h8-9,11,14,16-17,19,23,26H,4-7,10,12-13,15,18,20H2,1-3H3,(H,32,36)/t26-/m0/s1. The maximum atomic E-state index is 13.6. The molecular formula is C29H39Cl2N3O4S. The Kier molecular flexibility index (Phi) is 11.5. The van der Waals surface area contributed by atoms with Crippen molar-refractivity contribution in [3.63, 3.8) is 0 Å². The molecular weight excluding hydrogens is 557 g/mol. The molecule has 0 aliphatic heterocycles. The van der Waals surface area contributed by atoms with Crippen LogP contribution in [0.2, 0.25) is 10.0 Å². The topological polar surface area (TPSA) is 86.8 Å². The van der Waals surface area contributed by atoms with E-state index >= 15 is 0 Å². The predicted octanol–water partition coefficient (Wildman–Crippen LogP) is 6.10. The van der Waals surface area contributed by atoms with E-state index in [1.165, 1.54) is 17.0 Å². The molecule has 2 aromatic rings. The molecule has 0 spiro atoms. The normalized spacial score (nSPS) is 15.0. The van der Waals surface area contributed by atoms with Crippen molar-refractivity contribution in [2.45, 2.75) is 83.8 Å². The zero-order chi connectivity index (χ0) is 28.6. The van der Waals surface area contributed by atoms with Gasteiger partial charge in [-0.25, -0.2) is 8.42 Å². The molecule has 1 N–H and O–H groups in total. The summed E-state index contributed by atoms with van der Waals surface area (Å²) in [5.74, 6) is -0.375. The number of halogens is 2. The molecule has 39 heavy (non-hydrogen) atoms. The second-order valence-electron chi connectivity index (χ2n) is 10.3. The number of nitrogens with one attached hydrogen (secondary N) is 1. The molecule has 1 atom stereocenters. The van der Waals surface area contributed by atoms with Gasteiger partial charge in [0.25, 0.3) is 0 Å². The molecule has 214 valence electrons. The average Bonchev–Trinajstić information content (AvgIpc) is 2.89. The monoisotopic (exact) mass is 595 g/mol. The lowest BCUT2D eigenvalue weighted by molar-refractivity contribution is -0.141. The lowest BCUT2D eigenvalue weighted by atomic mass is 9.95. The van der Waals surface area contributed by atoms with Crippen LogP contribution in [0.4, 0.5) is 5.69 Å². The smallest absolute Gasteiger partial charge is 0.243 e. The summed E-state index contributed by atoms with van der Waals surface area (Å²) in [6.07, 6.45) is 7.26. The number of hydrogen-bond acceptors (Lipinski definition) is 4. The number of amides is 2. The number of rotatable bonds is 12. The van der Waals surface area contributed by atoms with Crippen LogP contribution in [0.3, 0.4) is 0 Å². The summed E-state index contributed by atoms with van der Waals surface area (Å²) in [5, 5.41) is 3.96. The second kappa shape index (κ2) is 14.4. The van der Waals surface area contributed by atoms with Crippen LogP contribution in [0.1, 0.15) is 69.4 Å². The fourth-order valence-corrected chi connectivity index (χ4v) is 6.47. The number of carbonyl (C=O) groups is 2. The number of para-hydroxylation sites is 1. The molecule has 7 nitrogen and oxygen atoms in total. The number of nitrogens with zero attached hydrogens (tertiary/aromatic N) is 2. The molecule has 1 aliphatic carbocycles.